The Kier molecular flexibility index (Phi) is 4.89. The maximum atomic E-state index is 12.6. The molecule has 2 aromatic rings. The van der Waals surface area contributed by atoms with Crippen molar-refractivity contribution in [2.24, 2.45) is 0 Å². The molecule has 0 fully saturated rings. The molecule has 5 nitrogen and oxygen atoms in total. The van der Waals surface area contributed by atoms with Crippen molar-refractivity contribution in [2.75, 3.05) is 25.7 Å². The second kappa shape index (κ2) is 7.25. The van der Waals surface area contributed by atoms with Gasteiger partial charge in [-0.05, 0) is 42.2 Å². The maximum Gasteiger partial charge on any atom is 0.322 e. The van der Waals surface area contributed by atoms with Gasteiger partial charge in [0.15, 0.2) is 11.5 Å². The number of fused-ring (bicyclic) bond motifs is 1. The van der Waals surface area contributed by atoms with Crippen LogP contribution in [0.25, 0.3) is 0 Å². The van der Waals surface area contributed by atoms with Crippen molar-refractivity contribution in [3.05, 3.63) is 53.6 Å². The number of nitrogens with one attached hydrogen (secondary N) is 1. The Labute approximate surface area is 142 Å². The summed E-state index contributed by atoms with van der Waals surface area (Å²) in [4.78, 5) is 14.4. The Hall–Kier alpha value is -2.69. The minimum atomic E-state index is -0.0723. The number of hydrogen-bond donors (Lipinski definition) is 1. The fourth-order valence-corrected chi connectivity index (χ4v) is 3.01. The zero-order chi connectivity index (χ0) is 16.9. The van der Waals surface area contributed by atoms with Gasteiger partial charge in [-0.1, -0.05) is 24.3 Å². The summed E-state index contributed by atoms with van der Waals surface area (Å²) in [6, 6.07) is 13.7. The highest BCUT2D eigenvalue weighted by molar-refractivity contribution is 5.93. The smallest absolute Gasteiger partial charge is 0.322 e. The molecule has 1 heterocycles. The molecule has 1 aliphatic rings. The number of para-hydroxylation sites is 1. The monoisotopic (exact) mass is 326 g/mol. The van der Waals surface area contributed by atoms with E-state index in [9.17, 15) is 4.79 Å². The third-order valence-corrected chi connectivity index (χ3v) is 4.25. The van der Waals surface area contributed by atoms with Gasteiger partial charge in [-0.3, -0.25) is 4.90 Å². The van der Waals surface area contributed by atoms with Gasteiger partial charge in [0.2, 0.25) is 0 Å². The molecule has 0 saturated heterocycles. The number of nitrogens with zero attached hydrogens (tertiary/aromatic N) is 1. The van der Waals surface area contributed by atoms with Gasteiger partial charge in [-0.25, -0.2) is 4.79 Å². The second-order valence-corrected chi connectivity index (χ2v) is 5.73. The molecule has 0 aromatic heterocycles. The Morgan fingerprint density at radius 3 is 2.71 bits per heavy atom. The van der Waals surface area contributed by atoms with Crippen LogP contribution in [0.1, 0.15) is 17.5 Å². The molecular weight excluding hydrogens is 304 g/mol. The molecule has 126 valence electrons. The van der Waals surface area contributed by atoms with Gasteiger partial charge in [-0.2, -0.15) is 0 Å². The largest absolute Gasteiger partial charge is 0.493 e. The number of carbonyl (C=O) groups excluding carboxylic acids is 1. The molecule has 1 aliphatic heterocycles. The number of ether oxygens (including phenoxy) is 2. The lowest BCUT2D eigenvalue weighted by Crippen LogP contribution is -2.42. The second-order valence-electron chi connectivity index (χ2n) is 5.73. The molecule has 0 bridgehead atoms. The van der Waals surface area contributed by atoms with Crippen molar-refractivity contribution < 1.29 is 14.3 Å². The molecule has 2 aromatic carbocycles. The van der Waals surface area contributed by atoms with Crippen LogP contribution in [-0.2, 0) is 13.0 Å². The van der Waals surface area contributed by atoms with E-state index in [2.05, 4.69) is 11.4 Å². The van der Waals surface area contributed by atoms with Gasteiger partial charge < -0.3 is 14.8 Å². The van der Waals surface area contributed by atoms with Crippen molar-refractivity contribution >= 4 is 11.7 Å². The molecule has 0 aliphatic carbocycles. The van der Waals surface area contributed by atoms with E-state index in [4.69, 9.17) is 9.47 Å². The Morgan fingerprint density at radius 2 is 1.92 bits per heavy atom. The molecule has 3 rings (SSSR count). The van der Waals surface area contributed by atoms with Crippen molar-refractivity contribution in [2.45, 2.75) is 19.4 Å². The van der Waals surface area contributed by atoms with E-state index in [0.29, 0.717) is 18.0 Å². The Balaban J connectivity index is 1.68. The predicted molar refractivity (Wildman–Crippen MR) is 93.9 cm³/mol. The number of benzene rings is 2. The standard InChI is InChI=1S/C19H22N2O3/c1-23-17-10-9-14(12-18(17)24-2)13-20-19(22)21-11-5-7-15-6-3-4-8-16(15)21/h3-4,6,8-10,12H,5,7,11,13H2,1-2H3,(H,20,22). The van der Waals surface area contributed by atoms with E-state index < -0.39 is 0 Å². The number of hydrogen-bond acceptors (Lipinski definition) is 3. The fourth-order valence-electron chi connectivity index (χ4n) is 3.01. The predicted octanol–water partition coefficient (Wildman–Crippen LogP) is 3.37. The molecule has 0 spiro atoms. The third-order valence-electron chi connectivity index (χ3n) is 4.25. The summed E-state index contributed by atoms with van der Waals surface area (Å²) in [5, 5.41) is 2.99. The van der Waals surface area contributed by atoms with Crippen molar-refractivity contribution in [3.8, 4) is 11.5 Å². The molecule has 24 heavy (non-hydrogen) atoms. The topological polar surface area (TPSA) is 50.8 Å². The fraction of sp³-hybridized carbons (Fsp3) is 0.316. The number of methoxy groups -OCH3 is 2. The van der Waals surface area contributed by atoms with Crippen molar-refractivity contribution in [1.29, 1.82) is 0 Å². The molecule has 5 heteroatoms. The summed E-state index contributed by atoms with van der Waals surface area (Å²) in [5.41, 5.74) is 3.20. The maximum absolute atomic E-state index is 12.6. The third kappa shape index (κ3) is 3.30. The first kappa shape index (κ1) is 16.2. The lowest BCUT2D eigenvalue weighted by Gasteiger charge is -2.29. The van der Waals surface area contributed by atoms with E-state index in [1.54, 1.807) is 14.2 Å². The quantitative estimate of drug-likeness (QED) is 0.937. The zero-order valence-electron chi connectivity index (χ0n) is 14.0. The summed E-state index contributed by atoms with van der Waals surface area (Å²) in [6.45, 7) is 1.19. The number of aryl methyl sites for hydroxylation is 1. The zero-order valence-corrected chi connectivity index (χ0v) is 14.0. The SMILES string of the molecule is COc1ccc(CNC(=O)N2CCCc3ccccc32)cc1OC. The van der Waals surface area contributed by atoms with Gasteiger partial charge in [0.1, 0.15) is 0 Å². The molecule has 0 radical (unpaired) electrons. The Bertz CT molecular complexity index is 730. The summed E-state index contributed by atoms with van der Waals surface area (Å²) < 4.78 is 10.5. The van der Waals surface area contributed by atoms with E-state index >= 15 is 0 Å². The average Bonchev–Trinajstić information content (AvgIpc) is 2.65. The highest BCUT2D eigenvalue weighted by Gasteiger charge is 2.21. The normalized spacial score (nSPS) is 13.2. The van der Waals surface area contributed by atoms with Crippen LogP contribution in [0, 0.1) is 0 Å². The highest BCUT2D eigenvalue weighted by atomic mass is 16.5. The molecular formula is C19H22N2O3. The molecule has 0 saturated carbocycles. The summed E-state index contributed by atoms with van der Waals surface area (Å²) in [6.07, 6.45) is 2.01. The van der Waals surface area contributed by atoms with Crippen LogP contribution in [0.15, 0.2) is 42.5 Å². The first-order valence-corrected chi connectivity index (χ1v) is 8.07. The molecule has 0 atom stereocenters. The minimum absolute atomic E-state index is 0.0723. The minimum Gasteiger partial charge on any atom is -0.493 e. The highest BCUT2D eigenvalue weighted by Crippen LogP contribution is 2.28. The summed E-state index contributed by atoms with van der Waals surface area (Å²) in [7, 11) is 3.21. The molecule has 2 amide bonds. The van der Waals surface area contributed by atoms with E-state index in [1.807, 2.05) is 41.3 Å². The van der Waals surface area contributed by atoms with Gasteiger partial charge in [0.25, 0.3) is 0 Å². The summed E-state index contributed by atoms with van der Waals surface area (Å²) in [5.74, 6) is 1.34. The number of rotatable bonds is 4. The van der Waals surface area contributed by atoms with Crippen LogP contribution in [0.3, 0.4) is 0 Å². The number of anilines is 1. The van der Waals surface area contributed by atoms with E-state index in [-0.39, 0.29) is 6.03 Å². The summed E-state index contributed by atoms with van der Waals surface area (Å²) >= 11 is 0. The molecule has 1 N–H and O–H groups in total. The van der Waals surface area contributed by atoms with Crippen LogP contribution < -0.4 is 19.7 Å². The van der Waals surface area contributed by atoms with E-state index in [0.717, 1.165) is 30.6 Å². The van der Waals surface area contributed by atoms with Gasteiger partial charge in [0, 0.05) is 18.8 Å². The number of urea groups is 1. The Morgan fingerprint density at radius 1 is 1.12 bits per heavy atom. The lowest BCUT2D eigenvalue weighted by atomic mass is 10.0. The van der Waals surface area contributed by atoms with Crippen LogP contribution in [0.2, 0.25) is 0 Å². The lowest BCUT2D eigenvalue weighted by molar-refractivity contribution is 0.245. The van der Waals surface area contributed by atoms with Gasteiger partial charge in [0.05, 0.1) is 14.2 Å². The van der Waals surface area contributed by atoms with Crippen LogP contribution in [0.4, 0.5) is 10.5 Å². The van der Waals surface area contributed by atoms with Gasteiger partial charge in [-0.15, -0.1) is 0 Å². The number of carbonyl (C=O) groups is 1. The average molecular weight is 326 g/mol. The van der Waals surface area contributed by atoms with Crippen LogP contribution in [-0.4, -0.2) is 26.8 Å². The molecule has 0 unspecified atom stereocenters. The van der Waals surface area contributed by atoms with Crippen LogP contribution in [0.5, 0.6) is 11.5 Å². The first-order valence-electron chi connectivity index (χ1n) is 8.07. The van der Waals surface area contributed by atoms with Gasteiger partial charge >= 0.3 is 6.03 Å². The van der Waals surface area contributed by atoms with Crippen molar-refractivity contribution in [1.82, 2.24) is 5.32 Å². The van der Waals surface area contributed by atoms with E-state index in [1.165, 1.54) is 5.56 Å². The first-order chi connectivity index (χ1) is 11.7. The number of amides is 2. The van der Waals surface area contributed by atoms with Crippen LogP contribution >= 0.6 is 0 Å². The van der Waals surface area contributed by atoms with Crippen molar-refractivity contribution in [3.63, 3.8) is 0 Å².